The Morgan fingerprint density at radius 1 is 1.15 bits per heavy atom. The largest absolute Gasteiger partial charge is 0.489 e. The number of hydrogen-bond acceptors (Lipinski definition) is 3. The van der Waals surface area contributed by atoms with Gasteiger partial charge in [-0.1, -0.05) is 42.5 Å². The molecule has 1 heterocycles. The van der Waals surface area contributed by atoms with Crippen LogP contribution in [0.1, 0.15) is 48.4 Å². The molecule has 0 aliphatic carbocycles. The summed E-state index contributed by atoms with van der Waals surface area (Å²) in [4.78, 5) is 11.0. The number of cyclic esters (lactones) is 1. The first-order valence-corrected chi connectivity index (χ1v) is 9.12. The van der Waals surface area contributed by atoms with E-state index in [2.05, 4.69) is 50.3 Å². The van der Waals surface area contributed by atoms with Crippen LogP contribution in [-0.2, 0) is 16.1 Å². The number of rotatable bonds is 7. The Labute approximate surface area is 155 Å². The monoisotopic (exact) mass is 350 g/mol. The van der Waals surface area contributed by atoms with E-state index in [4.69, 9.17) is 9.47 Å². The summed E-state index contributed by atoms with van der Waals surface area (Å²) in [6, 6.07) is 14.5. The lowest BCUT2D eigenvalue weighted by Gasteiger charge is -2.37. The molecule has 0 saturated carbocycles. The number of carbonyl (C=O) groups excluding carboxylic acids is 1. The van der Waals surface area contributed by atoms with E-state index in [1.807, 2.05) is 25.1 Å². The number of aryl methyl sites for hydroxylation is 2. The van der Waals surface area contributed by atoms with Crippen molar-refractivity contribution in [3.05, 3.63) is 70.8 Å². The zero-order chi connectivity index (χ0) is 18.6. The van der Waals surface area contributed by atoms with E-state index < -0.39 is 0 Å². The number of hydrogen-bond donors (Lipinski definition) is 0. The van der Waals surface area contributed by atoms with Gasteiger partial charge in [0, 0.05) is 0 Å². The van der Waals surface area contributed by atoms with Crippen LogP contribution in [0.3, 0.4) is 0 Å². The van der Waals surface area contributed by atoms with Gasteiger partial charge in [0.15, 0.2) is 0 Å². The highest BCUT2D eigenvalue weighted by atomic mass is 16.6. The van der Waals surface area contributed by atoms with E-state index in [-0.39, 0.29) is 11.6 Å². The molecule has 2 aromatic rings. The second-order valence-corrected chi connectivity index (χ2v) is 7.28. The van der Waals surface area contributed by atoms with Gasteiger partial charge in [0.05, 0.1) is 6.42 Å². The van der Waals surface area contributed by atoms with Crippen molar-refractivity contribution in [2.75, 3.05) is 0 Å². The van der Waals surface area contributed by atoms with E-state index in [1.54, 1.807) is 0 Å². The van der Waals surface area contributed by atoms with Gasteiger partial charge in [-0.25, -0.2) is 0 Å². The average Bonchev–Trinajstić information content (AvgIpc) is 2.58. The van der Waals surface area contributed by atoms with E-state index >= 15 is 0 Å². The topological polar surface area (TPSA) is 35.5 Å². The molecule has 3 nitrogen and oxygen atoms in total. The lowest BCUT2D eigenvalue weighted by molar-refractivity contribution is -0.188. The molecule has 0 radical (unpaired) electrons. The Balaban J connectivity index is 1.53. The molecule has 0 aromatic heterocycles. The van der Waals surface area contributed by atoms with Crippen molar-refractivity contribution < 1.29 is 14.3 Å². The highest BCUT2D eigenvalue weighted by Gasteiger charge is 2.40. The Morgan fingerprint density at radius 2 is 1.92 bits per heavy atom. The first-order valence-electron chi connectivity index (χ1n) is 9.12. The quantitative estimate of drug-likeness (QED) is 0.629. The minimum absolute atomic E-state index is 0.0893. The smallest absolute Gasteiger partial charge is 0.310 e. The standard InChI is InChI=1S/C23H26O3/c1-17-8-4-5-10-20(17)16-25-21-12-11-19(18(2)14-21)9-6-7-13-23(3)15-22(24)26-23/h4-6,8-12,14H,7,13,15-16H2,1-3H3. The molecule has 3 heteroatoms. The predicted octanol–water partition coefficient (Wildman–Crippen LogP) is 5.38. The third-order valence-corrected chi connectivity index (χ3v) is 4.91. The van der Waals surface area contributed by atoms with Gasteiger partial charge in [0.2, 0.25) is 0 Å². The molecule has 3 rings (SSSR count). The van der Waals surface area contributed by atoms with Gasteiger partial charge in [0.1, 0.15) is 18.0 Å². The summed E-state index contributed by atoms with van der Waals surface area (Å²) in [6.45, 7) is 6.77. The summed E-state index contributed by atoms with van der Waals surface area (Å²) in [5.74, 6) is 0.797. The molecule has 1 aliphatic heterocycles. The van der Waals surface area contributed by atoms with Crippen molar-refractivity contribution >= 4 is 12.0 Å². The maximum absolute atomic E-state index is 11.0. The van der Waals surface area contributed by atoms with E-state index in [0.717, 1.165) is 18.6 Å². The average molecular weight is 350 g/mol. The fraction of sp³-hybridized carbons (Fsp3) is 0.348. The van der Waals surface area contributed by atoms with Gasteiger partial charge in [-0.3, -0.25) is 4.79 Å². The number of esters is 1. The van der Waals surface area contributed by atoms with Crippen molar-refractivity contribution in [3.63, 3.8) is 0 Å². The van der Waals surface area contributed by atoms with Crippen LogP contribution < -0.4 is 4.74 Å². The van der Waals surface area contributed by atoms with Crippen LogP contribution in [0.5, 0.6) is 5.75 Å². The minimum atomic E-state index is -0.260. The van der Waals surface area contributed by atoms with Crippen LogP contribution in [0, 0.1) is 13.8 Å². The summed E-state index contributed by atoms with van der Waals surface area (Å²) in [5.41, 5.74) is 4.56. The number of ether oxygens (including phenoxy) is 2. The molecule has 1 fully saturated rings. The molecule has 0 spiro atoms. The molecular weight excluding hydrogens is 324 g/mol. The van der Waals surface area contributed by atoms with Crippen molar-refractivity contribution in [2.24, 2.45) is 0 Å². The number of benzene rings is 2. The summed E-state index contributed by atoms with van der Waals surface area (Å²) in [6.07, 6.45) is 6.57. The lowest BCUT2D eigenvalue weighted by atomic mass is 9.91. The van der Waals surface area contributed by atoms with Crippen LogP contribution in [0.4, 0.5) is 0 Å². The molecule has 1 aliphatic rings. The lowest BCUT2D eigenvalue weighted by Crippen LogP contribution is -2.44. The molecule has 136 valence electrons. The fourth-order valence-electron chi connectivity index (χ4n) is 3.17. The second kappa shape index (κ2) is 7.77. The molecule has 1 unspecified atom stereocenters. The summed E-state index contributed by atoms with van der Waals surface area (Å²) >= 11 is 0. The molecule has 0 bridgehead atoms. The summed E-state index contributed by atoms with van der Waals surface area (Å²) < 4.78 is 11.1. The molecule has 26 heavy (non-hydrogen) atoms. The van der Waals surface area contributed by atoms with Crippen LogP contribution in [0.2, 0.25) is 0 Å². The molecule has 2 aromatic carbocycles. The van der Waals surface area contributed by atoms with Gasteiger partial charge in [-0.05, 0) is 68.0 Å². The van der Waals surface area contributed by atoms with Crippen LogP contribution in [0.25, 0.3) is 6.08 Å². The minimum Gasteiger partial charge on any atom is -0.489 e. The highest BCUT2D eigenvalue weighted by molar-refractivity contribution is 5.76. The molecule has 0 amide bonds. The van der Waals surface area contributed by atoms with Gasteiger partial charge >= 0.3 is 5.97 Å². The van der Waals surface area contributed by atoms with E-state index in [0.29, 0.717) is 13.0 Å². The van der Waals surface area contributed by atoms with Crippen LogP contribution in [-0.4, -0.2) is 11.6 Å². The van der Waals surface area contributed by atoms with Gasteiger partial charge in [-0.2, -0.15) is 0 Å². The van der Waals surface area contributed by atoms with Gasteiger partial charge in [0.25, 0.3) is 0 Å². The zero-order valence-electron chi connectivity index (χ0n) is 15.7. The van der Waals surface area contributed by atoms with Crippen molar-refractivity contribution in [1.82, 2.24) is 0 Å². The van der Waals surface area contributed by atoms with Gasteiger partial charge < -0.3 is 9.47 Å². The van der Waals surface area contributed by atoms with E-state index in [9.17, 15) is 4.79 Å². The third kappa shape index (κ3) is 4.54. The Kier molecular flexibility index (Phi) is 5.46. The van der Waals surface area contributed by atoms with E-state index in [1.165, 1.54) is 22.3 Å². The van der Waals surface area contributed by atoms with Crippen molar-refractivity contribution in [2.45, 2.75) is 52.2 Å². The molecule has 1 atom stereocenters. The second-order valence-electron chi connectivity index (χ2n) is 7.28. The SMILES string of the molecule is Cc1cc(OCc2ccccc2C)ccc1C=CCCC1(C)CC(=O)O1. The first-order chi connectivity index (χ1) is 12.5. The molecule has 1 saturated heterocycles. The Morgan fingerprint density at radius 3 is 2.62 bits per heavy atom. The number of allylic oxidation sites excluding steroid dienone is 1. The van der Waals surface area contributed by atoms with Crippen molar-refractivity contribution in [1.29, 1.82) is 0 Å². The summed E-state index contributed by atoms with van der Waals surface area (Å²) in [7, 11) is 0. The normalized spacial score (nSPS) is 19.3. The molecular formula is C23H26O3. The predicted molar refractivity (Wildman–Crippen MR) is 104 cm³/mol. The zero-order valence-corrected chi connectivity index (χ0v) is 15.7. The maximum Gasteiger partial charge on any atom is 0.310 e. The Bertz CT molecular complexity index is 812. The third-order valence-electron chi connectivity index (χ3n) is 4.91. The fourth-order valence-corrected chi connectivity index (χ4v) is 3.17. The van der Waals surface area contributed by atoms with Crippen LogP contribution in [0.15, 0.2) is 48.5 Å². The summed E-state index contributed by atoms with van der Waals surface area (Å²) in [5, 5.41) is 0. The first kappa shape index (κ1) is 18.2. The number of carbonyl (C=O) groups is 1. The molecule has 0 N–H and O–H groups in total. The maximum atomic E-state index is 11.0. The van der Waals surface area contributed by atoms with Crippen molar-refractivity contribution in [3.8, 4) is 5.75 Å². The highest BCUT2D eigenvalue weighted by Crippen LogP contribution is 2.32. The van der Waals surface area contributed by atoms with Crippen LogP contribution >= 0.6 is 0 Å². The Hall–Kier alpha value is -2.55. The van der Waals surface area contributed by atoms with Gasteiger partial charge in [-0.15, -0.1) is 0 Å².